The van der Waals surface area contributed by atoms with Gasteiger partial charge in [-0.25, -0.2) is 4.98 Å². The number of benzene rings is 3. The number of hydrogen-bond donors (Lipinski definition) is 3. The second-order valence-electron chi connectivity index (χ2n) is 13.9. The smallest absolute Gasteiger partial charge is 0.264 e. The van der Waals surface area contributed by atoms with Crippen molar-refractivity contribution < 1.29 is 42.6 Å². The molecule has 0 radical (unpaired) electrons. The van der Waals surface area contributed by atoms with E-state index in [1.54, 1.807) is 42.5 Å². The van der Waals surface area contributed by atoms with Gasteiger partial charge in [0.15, 0.2) is 5.13 Å². The van der Waals surface area contributed by atoms with Crippen molar-refractivity contribution in [3.05, 3.63) is 88.0 Å². The van der Waals surface area contributed by atoms with Crippen molar-refractivity contribution in [3.8, 4) is 17.0 Å². The summed E-state index contributed by atoms with van der Waals surface area (Å²) in [6.07, 6.45) is 2.71. The Balaban J connectivity index is 0.776. The molecule has 14 nitrogen and oxygen atoms in total. The number of aromatic nitrogens is 1. The first-order valence-electron chi connectivity index (χ1n) is 18.4. The van der Waals surface area contributed by atoms with Gasteiger partial charge in [0.05, 0.1) is 30.8 Å². The Bertz CT molecular complexity index is 2270. The van der Waals surface area contributed by atoms with Crippen LogP contribution in [0.3, 0.4) is 0 Å². The summed E-state index contributed by atoms with van der Waals surface area (Å²) in [7, 11) is 0. The Morgan fingerprint density at radius 1 is 0.946 bits per heavy atom. The second kappa shape index (κ2) is 15.6. The maximum absolute atomic E-state index is 15.0. The van der Waals surface area contributed by atoms with Crippen LogP contribution in [0.25, 0.3) is 11.3 Å². The summed E-state index contributed by atoms with van der Waals surface area (Å²) in [5.41, 5.74) is 4.08. The largest absolute Gasteiger partial charge is 0.491 e. The molecule has 1 aliphatic carbocycles. The number of rotatable bonds is 14. The third-order valence-electron chi connectivity index (χ3n) is 10.1. The number of piperidine rings is 1. The van der Waals surface area contributed by atoms with Crippen LogP contribution in [0, 0.1) is 11.0 Å². The molecule has 4 aromatic rings. The van der Waals surface area contributed by atoms with Crippen molar-refractivity contribution in [1.82, 2.24) is 15.2 Å². The highest BCUT2D eigenvalue weighted by Crippen LogP contribution is 2.39. The molecule has 0 bridgehead atoms. The van der Waals surface area contributed by atoms with E-state index in [2.05, 4.69) is 20.9 Å². The molecule has 16 heteroatoms. The molecule has 2 fully saturated rings. The van der Waals surface area contributed by atoms with Gasteiger partial charge in [0, 0.05) is 42.4 Å². The normalized spacial score (nSPS) is 17.5. The molecular weight excluding hydrogens is 744 g/mol. The summed E-state index contributed by atoms with van der Waals surface area (Å²) in [6, 6.07) is 16.3. The van der Waals surface area contributed by atoms with Crippen molar-refractivity contribution in [3.63, 3.8) is 0 Å². The molecule has 1 saturated carbocycles. The molecule has 288 valence electrons. The first-order chi connectivity index (χ1) is 27.1. The maximum atomic E-state index is 15.0. The maximum Gasteiger partial charge on any atom is 0.264 e. The molecule has 1 atom stereocenters. The highest BCUT2D eigenvalue weighted by atomic mass is 32.1. The van der Waals surface area contributed by atoms with E-state index < -0.39 is 34.8 Å². The zero-order valence-electron chi connectivity index (χ0n) is 30.1. The Labute approximate surface area is 324 Å². The lowest BCUT2D eigenvalue weighted by Gasteiger charge is -2.27. The van der Waals surface area contributed by atoms with Crippen LogP contribution in [0.4, 0.5) is 20.9 Å². The Hall–Kier alpha value is -6.00. The van der Waals surface area contributed by atoms with Gasteiger partial charge in [0.1, 0.15) is 24.1 Å². The van der Waals surface area contributed by atoms with Gasteiger partial charge in [-0.15, -0.1) is 0 Å². The SMILES string of the molecule is O=C1CCC(N2C(=O)c3cccc(NCCOCCOc4cccc(CC(=O)Nc5nc(-c6ccc7c(c6)CCN7C(=O)C6CC6)c(F)s5)c4)c3C2=O)C(=O)N1. The van der Waals surface area contributed by atoms with Crippen LogP contribution in [0.5, 0.6) is 5.75 Å². The van der Waals surface area contributed by atoms with Crippen molar-refractivity contribution in [2.75, 3.05) is 48.4 Å². The third-order valence-corrected chi connectivity index (χ3v) is 10.8. The minimum absolute atomic E-state index is 0.0161. The summed E-state index contributed by atoms with van der Waals surface area (Å²) in [5, 5.41) is 7.66. The van der Waals surface area contributed by atoms with Crippen LogP contribution >= 0.6 is 11.3 Å². The summed E-state index contributed by atoms with van der Waals surface area (Å²) in [6.45, 7) is 1.68. The number of amides is 6. The predicted octanol–water partition coefficient (Wildman–Crippen LogP) is 4.34. The fraction of sp³-hybridized carbons (Fsp3) is 0.325. The van der Waals surface area contributed by atoms with E-state index in [1.165, 1.54) is 6.07 Å². The quantitative estimate of drug-likeness (QED) is 0.123. The highest BCUT2D eigenvalue weighted by Gasteiger charge is 2.45. The van der Waals surface area contributed by atoms with Crippen LogP contribution < -0.4 is 25.6 Å². The Kier molecular flexibility index (Phi) is 10.3. The van der Waals surface area contributed by atoms with Crippen molar-refractivity contribution in [1.29, 1.82) is 0 Å². The predicted molar refractivity (Wildman–Crippen MR) is 203 cm³/mol. The molecule has 8 rings (SSSR count). The molecule has 56 heavy (non-hydrogen) atoms. The summed E-state index contributed by atoms with van der Waals surface area (Å²) in [5.74, 6) is -1.81. The Morgan fingerprint density at radius 3 is 2.61 bits per heavy atom. The fourth-order valence-corrected chi connectivity index (χ4v) is 7.93. The number of fused-ring (bicyclic) bond motifs is 2. The number of nitrogens with one attached hydrogen (secondary N) is 3. The number of halogens is 1. The molecule has 6 amide bonds. The van der Waals surface area contributed by atoms with Gasteiger partial charge in [-0.2, -0.15) is 4.39 Å². The van der Waals surface area contributed by atoms with Crippen LogP contribution in [-0.4, -0.2) is 84.3 Å². The monoisotopic (exact) mass is 780 g/mol. The molecule has 1 saturated heterocycles. The van der Waals surface area contributed by atoms with E-state index in [4.69, 9.17) is 9.47 Å². The number of anilines is 3. The van der Waals surface area contributed by atoms with E-state index in [0.29, 0.717) is 42.1 Å². The van der Waals surface area contributed by atoms with Gasteiger partial charge in [-0.05, 0) is 73.2 Å². The number of carbonyl (C=O) groups is 6. The lowest BCUT2D eigenvalue weighted by atomic mass is 10.0. The number of nitrogens with zero attached hydrogens (tertiary/aromatic N) is 3. The lowest BCUT2D eigenvalue weighted by Crippen LogP contribution is -2.54. The van der Waals surface area contributed by atoms with E-state index in [-0.39, 0.29) is 78.8 Å². The Morgan fingerprint density at radius 2 is 1.79 bits per heavy atom. The molecule has 1 aromatic heterocycles. The minimum atomic E-state index is -1.04. The lowest BCUT2D eigenvalue weighted by molar-refractivity contribution is -0.136. The second-order valence-corrected chi connectivity index (χ2v) is 14.9. The summed E-state index contributed by atoms with van der Waals surface area (Å²) < 4.78 is 26.5. The minimum Gasteiger partial charge on any atom is -0.491 e. The first-order valence-corrected chi connectivity index (χ1v) is 19.2. The number of imide groups is 2. The van der Waals surface area contributed by atoms with Gasteiger partial charge in [0.25, 0.3) is 11.8 Å². The molecule has 4 aliphatic rings. The van der Waals surface area contributed by atoms with Gasteiger partial charge < -0.3 is 25.0 Å². The van der Waals surface area contributed by atoms with Crippen LogP contribution in [0.15, 0.2) is 60.7 Å². The third kappa shape index (κ3) is 7.62. The van der Waals surface area contributed by atoms with Crippen LogP contribution in [0.2, 0.25) is 0 Å². The summed E-state index contributed by atoms with van der Waals surface area (Å²) >= 11 is 0.760. The topological polar surface area (TPSA) is 176 Å². The van der Waals surface area contributed by atoms with E-state index in [9.17, 15) is 28.8 Å². The van der Waals surface area contributed by atoms with Crippen molar-refractivity contribution >= 4 is 63.3 Å². The van der Waals surface area contributed by atoms with Gasteiger partial charge in [-0.3, -0.25) is 39.0 Å². The van der Waals surface area contributed by atoms with E-state index in [0.717, 1.165) is 40.3 Å². The number of thiazole rings is 1. The van der Waals surface area contributed by atoms with Crippen LogP contribution in [-0.2, 0) is 36.8 Å². The number of carbonyl (C=O) groups excluding carboxylic acids is 6. The van der Waals surface area contributed by atoms with Gasteiger partial charge in [0.2, 0.25) is 28.8 Å². The first kappa shape index (κ1) is 36.9. The zero-order chi connectivity index (χ0) is 38.9. The van der Waals surface area contributed by atoms with Crippen LogP contribution in [0.1, 0.15) is 57.5 Å². The zero-order valence-corrected chi connectivity index (χ0v) is 30.9. The fourth-order valence-electron chi connectivity index (χ4n) is 7.20. The van der Waals surface area contributed by atoms with Crippen molar-refractivity contribution in [2.24, 2.45) is 5.92 Å². The summed E-state index contributed by atoms with van der Waals surface area (Å²) in [4.78, 5) is 82.9. The molecule has 1 unspecified atom stereocenters. The molecule has 3 aromatic carbocycles. The van der Waals surface area contributed by atoms with Gasteiger partial charge in [-0.1, -0.05) is 35.6 Å². The molecular formula is C40H37FN6O8S. The standard InChI is InChI=1S/C40H37FN6O8S/c41-35-34(25-9-10-29-24(21-25)13-15-46(29)37(51)23-7-8-23)45-40(56-35)44-32(49)20-22-3-1-4-26(19-22)55-18-17-54-16-14-42-28-6-2-5-27-33(28)39(53)47(38(27)52)30-11-12-31(48)43-36(30)50/h1-6,9-10,19,21,23,30,42H,7-8,11-18,20H2,(H,43,48,50)(H,44,45,49). The molecule has 4 heterocycles. The molecule has 0 spiro atoms. The number of hydrogen-bond acceptors (Lipinski definition) is 11. The average molecular weight is 781 g/mol. The number of ether oxygens (including phenoxy) is 2. The average Bonchev–Trinajstić information content (AvgIpc) is 3.77. The van der Waals surface area contributed by atoms with Crippen molar-refractivity contribution in [2.45, 2.75) is 44.6 Å². The van der Waals surface area contributed by atoms with E-state index in [1.807, 2.05) is 17.0 Å². The van der Waals surface area contributed by atoms with E-state index >= 15 is 4.39 Å². The highest BCUT2D eigenvalue weighted by molar-refractivity contribution is 7.14. The van der Waals surface area contributed by atoms with Gasteiger partial charge >= 0.3 is 0 Å². The molecule has 3 N–H and O–H groups in total. The molecule has 3 aliphatic heterocycles.